The Labute approximate surface area is 192 Å². The van der Waals surface area contributed by atoms with E-state index in [1.807, 2.05) is 13.8 Å². The van der Waals surface area contributed by atoms with Gasteiger partial charge in [0.25, 0.3) is 5.82 Å². The van der Waals surface area contributed by atoms with Gasteiger partial charge in [0.15, 0.2) is 6.61 Å². The first-order chi connectivity index (χ1) is 15.6. The van der Waals surface area contributed by atoms with Crippen LogP contribution in [0.3, 0.4) is 0 Å². The largest absolute Gasteiger partial charge is 0.744 e. The molecule has 0 atom stereocenters. The first kappa shape index (κ1) is 22.5. The number of benzene rings is 2. The normalized spacial score (nSPS) is 11.5. The van der Waals surface area contributed by atoms with Gasteiger partial charge in [-0.25, -0.2) is 13.2 Å². The van der Waals surface area contributed by atoms with E-state index >= 15 is 0 Å². The summed E-state index contributed by atoms with van der Waals surface area (Å²) in [6.07, 6.45) is 0. The second kappa shape index (κ2) is 8.69. The van der Waals surface area contributed by atoms with Crippen LogP contribution in [0.2, 0.25) is 0 Å². The van der Waals surface area contributed by atoms with Crippen molar-refractivity contribution in [3.05, 3.63) is 59.1 Å². The zero-order valence-corrected chi connectivity index (χ0v) is 19.0. The number of nitrogens with zero attached hydrogens (tertiary/aromatic N) is 5. The van der Waals surface area contributed by atoms with E-state index in [2.05, 4.69) is 15.2 Å². The molecule has 33 heavy (non-hydrogen) atoms. The van der Waals surface area contributed by atoms with Crippen LogP contribution in [0.5, 0.6) is 5.75 Å². The van der Waals surface area contributed by atoms with Crippen LogP contribution in [-0.4, -0.2) is 50.6 Å². The minimum absolute atomic E-state index is 0.293. The summed E-state index contributed by atoms with van der Waals surface area (Å²) in [5.41, 5.74) is 1.84. The van der Waals surface area contributed by atoms with Crippen LogP contribution in [0.25, 0.3) is 22.2 Å². The second-order valence-corrected chi connectivity index (χ2v) is 9.46. The van der Waals surface area contributed by atoms with Crippen molar-refractivity contribution in [1.29, 1.82) is 0 Å². The van der Waals surface area contributed by atoms with Gasteiger partial charge in [-0.15, -0.1) is 0 Å². The average molecular weight is 488 g/mol. The van der Waals surface area contributed by atoms with Crippen LogP contribution in [0, 0.1) is 13.8 Å². The maximum absolute atomic E-state index is 11.3. The molecule has 0 radical (unpaired) electrons. The fourth-order valence-corrected chi connectivity index (χ4v) is 4.17. The van der Waals surface area contributed by atoms with E-state index in [4.69, 9.17) is 9.84 Å². The number of carboxylic acids is 1. The molecule has 0 saturated heterocycles. The molecule has 0 spiro atoms. The van der Waals surface area contributed by atoms with Crippen molar-refractivity contribution in [2.24, 2.45) is 0 Å². The van der Waals surface area contributed by atoms with E-state index in [1.165, 1.54) is 45.2 Å². The predicted molar refractivity (Wildman–Crippen MR) is 115 cm³/mol. The van der Waals surface area contributed by atoms with Crippen LogP contribution in [0.1, 0.15) is 10.6 Å². The number of rotatable bonds is 7. The van der Waals surface area contributed by atoms with E-state index in [9.17, 15) is 17.8 Å². The molecule has 170 valence electrons. The predicted octanol–water partition coefficient (Wildman–Crippen LogP) is 1.65. The Morgan fingerprint density at radius 3 is 2.55 bits per heavy atom. The van der Waals surface area contributed by atoms with Crippen molar-refractivity contribution < 1.29 is 32.4 Å². The Balaban J connectivity index is 1.81. The third kappa shape index (κ3) is 4.89. The average Bonchev–Trinajstić information content (AvgIpc) is 3.36. The Hall–Kier alpha value is -3.68. The van der Waals surface area contributed by atoms with Gasteiger partial charge in [0.1, 0.15) is 27.2 Å². The number of carboxylic acid groups (broad SMARTS) is 1. The molecule has 0 aliphatic heterocycles. The molecule has 11 nitrogen and oxygen atoms in total. The lowest BCUT2D eigenvalue weighted by molar-refractivity contribution is -0.734. The monoisotopic (exact) mass is 487 g/mol. The highest BCUT2D eigenvalue weighted by Gasteiger charge is 2.25. The summed E-state index contributed by atoms with van der Waals surface area (Å²) in [6, 6.07) is 11.9. The summed E-state index contributed by atoms with van der Waals surface area (Å²) < 4.78 is 39.1. The van der Waals surface area contributed by atoms with Crippen molar-refractivity contribution >= 4 is 27.4 Å². The van der Waals surface area contributed by atoms with Gasteiger partial charge >= 0.3 is 11.1 Å². The molecule has 0 amide bonds. The van der Waals surface area contributed by atoms with Crippen molar-refractivity contribution in [1.82, 2.24) is 20.0 Å². The highest BCUT2D eigenvalue weighted by molar-refractivity contribution is 7.85. The van der Waals surface area contributed by atoms with Crippen molar-refractivity contribution in [2.75, 3.05) is 6.61 Å². The quantitative estimate of drug-likeness (QED) is 0.303. The van der Waals surface area contributed by atoms with Gasteiger partial charge in [0, 0.05) is 15.5 Å². The topological polar surface area (TPSA) is 151 Å². The highest BCUT2D eigenvalue weighted by Crippen LogP contribution is 2.22. The lowest BCUT2D eigenvalue weighted by Gasteiger charge is -2.06. The molecule has 0 saturated carbocycles. The van der Waals surface area contributed by atoms with E-state index in [-0.39, 0.29) is 4.90 Å². The number of carbonyl (C=O) groups is 1. The highest BCUT2D eigenvalue weighted by atomic mass is 32.2. The number of hydrogen-bond acceptors (Lipinski definition) is 9. The molecular weight excluding hydrogens is 470 g/mol. The Bertz CT molecular complexity index is 1420. The fourth-order valence-electron chi connectivity index (χ4n) is 2.85. The summed E-state index contributed by atoms with van der Waals surface area (Å²) in [4.78, 5) is 18.8. The maximum atomic E-state index is 11.3. The molecule has 4 aromatic rings. The molecule has 2 aromatic heterocycles. The number of tetrazole rings is 1. The number of aliphatic carboxylic acids is 1. The Morgan fingerprint density at radius 2 is 1.94 bits per heavy atom. The van der Waals surface area contributed by atoms with Crippen LogP contribution in [0.15, 0.2) is 53.4 Å². The molecule has 13 heteroatoms. The van der Waals surface area contributed by atoms with E-state index < -0.39 is 22.7 Å². The third-order valence-electron chi connectivity index (χ3n) is 4.56. The zero-order chi connectivity index (χ0) is 23.8. The van der Waals surface area contributed by atoms with Crippen LogP contribution in [0.4, 0.5) is 0 Å². The molecule has 0 aliphatic rings. The molecular formula is C20H17N5O6S2. The van der Waals surface area contributed by atoms with Gasteiger partial charge in [-0.05, 0) is 71.0 Å². The van der Waals surface area contributed by atoms with E-state index in [0.29, 0.717) is 28.0 Å². The van der Waals surface area contributed by atoms with E-state index in [1.54, 1.807) is 24.3 Å². The van der Waals surface area contributed by atoms with Gasteiger partial charge in [-0.2, -0.15) is 0 Å². The van der Waals surface area contributed by atoms with Crippen molar-refractivity contribution in [3.8, 4) is 28.0 Å². The van der Waals surface area contributed by atoms with Crippen LogP contribution < -0.4 is 9.53 Å². The fraction of sp³-hybridized carbons (Fsp3) is 0.150. The van der Waals surface area contributed by atoms with Crippen molar-refractivity contribution in [3.63, 3.8) is 0 Å². The minimum Gasteiger partial charge on any atom is -0.744 e. The van der Waals surface area contributed by atoms with Gasteiger partial charge in [0.2, 0.25) is 0 Å². The lowest BCUT2D eigenvalue weighted by atomic mass is 10.2. The summed E-state index contributed by atoms with van der Waals surface area (Å²) in [5, 5.41) is 18.4. The van der Waals surface area contributed by atoms with Gasteiger partial charge in [0.05, 0.1) is 4.90 Å². The lowest BCUT2D eigenvalue weighted by Crippen LogP contribution is -2.43. The summed E-state index contributed by atoms with van der Waals surface area (Å²) in [7, 11) is -4.59. The number of aryl methyl sites for hydroxylation is 2. The Kier molecular flexibility index (Phi) is 5.93. The number of hydrogen-bond donors (Lipinski definition) is 1. The molecule has 0 bridgehead atoms. The Morgan fingerprint density at radius 1 is 1.21 bits per heavy atom. The van der Waals surface area contributed by atoms with Crippen LogP contribution >= 0.6 is 11.3 Å². The molecule has 1 N–H and O–H groups in total. The first-order valence-corrected chi connectivity index (χ1v) is 11.7. The summed E-state index contributed by atoms with van der Waals surface area (Å²) >= 11 is 1.40. The van der Waals surface area contributed by atoms with Crippen LogP contribution in [-0.2, 0) is 14.9 Å². The molecule has 2 aromatic carbocycles. The standard InChI is InChI=1S/C20H17N5O6S2/c1-12-13(2)32-20(21-12)25-23-19(14-4-3-5-16(10-14)31-11-18(26)27)22-24(25)15-6-8-17(9-7-15)33(28,29)30/h3-10H,11H2,1-2H3,(H-,26,27,28,29,30). The van der Waals surface area contributed by atoms with E-state index in [0.717, 1.165) is 10.6 Å². The molecule has 0 fully saturated rings. The minimum atomic E-state index is -4.59. The molecule has 0 unspecified atom stereocenters. The molecule has 4 rings (SSSR count). The van der Waals surface area contributed by atoms with Gasteiger partial charge in [-0.1, -0.05) is 22.4 Å². The number of thiazole rings is 1. The van der Waals surface area contributed by atoms with Gasteiger partial charge < -0.3 is 14.4 Å². The number of aromatic nitrogens is 5. The summed E-state index contributed by atoms with van der Waals surface area (Å²) in [6.45, 7) is 3.31. The van der Waals surface area contributed by atoms with Gasteiger partial charge in [-0.3, -0.25) is 0 Å². The first-order valence-electron chi connectivity index (χ1n) is 9.47. The van der Waals surface area contributed by atoms with Crippen molar-refractivity contribution in [2.45, 2.75) is 18.7 Å². The zero-order valence-electron chi connectivity index (χ0n) is 17.4. The second-order valence-electron chi connectivity index (χ2n) is 6.90. The number of ether oxygens (including phenoxy) is 1. The maximum Gasteiger partial charge on any atom is 0.364 e. The molecule has 2 heterocycles. The molecule has 0 aliphatic carbocycles. The third-order valence-corrected chi connectivity index (χ3v) is 6.45. The summed E-state index contributed by atoms with van der Waals surface area (Å²) in [5.74, 6) is -0.468. The smallest absolute Gasteiger partial charge is 0.364 e. The SMILES string of the molecule is Cc1nc(-[n+]2nc(-c3cccc(OCC(=O)O)c3)nn2-c2ccc(S(=O)(=O)[O-])cc2)sc1C.